The summed E-state index contributed by atoms with van der Waals surface area (Å²) in [6.07, 6.45) is -0.109. The summed E-state index contributed by atoms with van der Waals surface area (Å²) < 4.78 is 27.9. The molecule has 2 saturated heterocycles. The molecule has 2 aliphatic rings. The van der Waals surface area contributed by atoms with Gasteiger partial charge in [0.1, 0.15) is 18.0 Å². The van der Waals surface area contributed by atoms with E-state index in [1.165, 1.54) is 19.2 Å². The molecule has 1 aromatic heterocycles. The molecule has 3 heterocycles. The summed E-state index contributed by atoms with van der Waals surface area (Å²) in [7, 11) is -5.53. The fourth-order valence-electron chi connectivity index (χ4n) is 5.28. The van der Waals surface area contributed by atoms with Gasteiger partial charge in [-0.3, -0.25) is 9.59 Å². The number of aromatic nitrogens is 2. The van der Waals surface area contributed by atoms with Gasteiger partial charge in [-0.15, -0.1) is 0 Å². The zero-order valence-corrected chi connectivity index (χ0v) is 24.9. The topological polar surface area (TPSA) is 118 Å². The Hall–Kier alpha value is -1.71. The number of anilines is 1. The van der Waals surface area contributed by atoms with Crippen LogP contribution in [0.2, 0.25) is 22.2 Å². The number of nitrogens with zero attached hydrogens (tertiary/aromatic N) is 2. The van der Waals surface area contributed by atoms with Crippen molar-refractivity contribution < 1.29 is 27.3 Å². The fraction of sp³-hybridized carbons (Fsp3) is 0.750. The summed E-state index contributed by atoms with van der Waals surface area (Å²) in [5.74, 6) is -0.783. The standard InChI is InChI=1S/C24H41N3O7Si2/c1-14(2)35(15(3)4)31-13-21-19(33-36(34-35,16(5)6)17(7)8)12-20(32-21)23(29)27-11-10-22(25-18(9)28)26-24(27)30/h10-11,14-17,19-21H,12-13H2,1-9H3,(H,25,26,28,30)/t19-,20?,21+/m0/s1. The summed E-state index contributed by atoms with van der Waals surface area (Å²) in [5, 5.41) is 2.44. The summed E-state index contributed by atoms with van der Waals surface area (Å²) >= 11 is 0. The number of hydrogen-bond acceptors (Lipinski definition) is 8. The fourth-order valence-corrected chi connectivity index (χ4v) is 16.5. The Morgan fingerprint density at radius 2 is 1.58 bits per heavy atom. The molecule has 3 rings (SSSR count). The SMILES string of the molecule is CC(=O)Nc1ccn(C(=O)C2C[C@@H]3O[Si](C(C)C)(C(C)C)O[Si](C(C)C)(C(C)C)OC[C@H]3O2)c(=O)n1. The molecular weight excluding hydrogens is 498 g/mol. The second-order valence-electron chi connectivity index (χ2n) is 11.0. The molecule has 2 aliphatic heterocycles. The van der Waals surface area contributed by atoms with Gasteiger partial charge in [-0.25, -0.2) is 9.36 Å². The molecule has 1 aromatic rings. The minimum absolute atomic E-state index is 0.0905. The van der Waals surface area contributed by atoms with Gasteiger partial charge in [-0.1, -0.05) is 55.4 Å². The van der Waals surface area contributed by atoms with Gasteiger partial charge < -0.3 is 23.0 Å². The summed E-state index contributed by atoms with van der Waals surface area (Å²) in [6, 6.07) is 1.41. The van der Waals surface area contributed by atoms with Gasteiger partial charge in [-0.05, 0) is 28.2 Å². The van der Waals surface area contributed by atoms with Gasteiger partial charge >= 0.3 is 22.8 Å². The first-order valence-electron chi connectivity index (χ1n) is 12.8. The number of ether oxygens (including phenoxy) is 1. The lowest BCUT2D eigenvalue weighted by atomic mass is 10.1. The van der Waals surface area contributed by atoms with E-state index < -0.39 is 40.9 Å². The number of amides is 1. The smallest absolute Gasteiger partial charge is 0.356 e. The monoisotopic (exact) mass is 539 g/mol. The van der Waals surface area contributed by atoms with Crippen molar-refractivity contribution in [1.82, 2.24) is 9.55 Å². The Balaban J connectivity index is 1.93. The predicted octanol–water partition coefficient (Wildman–Crippen LogP) is 3.96. The molecule has 0 saturated carbocycles. The van der Waals surface area contributed by atoms with E-state index in [0.29, 0.717) is 6.42 Å². The molecule has 12 heteroatoms. The molecule has 1 amide bonds. The van der Waals surface area contributed by atoms with Crippen molar-refractivity contribution in [3.8, 4) is 0 Å². The summed E-state index contributed by atoms with van der Waals surface area (Å²) in [6.45, 7) is 18.8. The van der Waals surface area contributed by atoms with Gasteiger partial charge in [-0.2, -0.15) is 4.98 Å². The first-order chi connectivity index (χ1) is 16.7. The van der Waals surface area contributed by atoms with Crippen LogP contribution in [-0.2, 0) is 22.5 Å². The quantitative estimate of drug-likeness (QED) is 0.540. The molecule has 0 aromatic carbocycles. The average molecular weight is 540 g/mol. The highest BCUT2D eigenvalue weighted by Crippen LogP contribution is 2.47. The number of carbonyl (C=O) groups is 2. The van der Waals surface area contributed by atoms with Gasteiger partial charge in [0.2, 0.25) is 5.91 Å². The second-order valence-corrected chi connectivity index (χ2v) is 19.9. The van der Waals surface area contributed by atoms with Crippen LogP contribution < -0.4 is 11.0 Å². The van der Waals surface area contributed by atoms with E-state index >= 15 is 0 Å². The van der Waals surface area contributed by atoms with Crippen molar-refractivity contribution in [3.63, 3.8) is 0 Å². The van der Waals surface area contributed by atoms with Crippen molar-refractivity contribution in [1.29, 1.82) is 0 Å². The van der Waals surface area contributed by atoms with Crippen molar-refractivity contribution in [2.75, 3.05) is 11.9 Å². The molecule has 0 aliphatic carbocycles. The van der Waals surface area contributed by atoms with Crippen LogP contribution in [0.3, 0.4) is 0 Å². The maximum atomic E-state index is 13.3. The molecule has 202 valence electrons. The number of fused-ring (bicyclic) bond motifs is 1. The molecule has 36 heavy (non-hydrogen) atoms. The lowest BCUT2D eigenvalue weighted by molar-refractivity contribution is -0.114. The zero-order valence-electron chi connectivity index (χ0n) is 22.9. The van der Waals surface area contributed by atoms with E-state index in [1.807, 2.05) is 0 Å². The van der Waals surface area contributed by atoms with Crippen LogP contribution >= 0.6 is 0 Å². The van der Waals surface area contributed by atoms with E-state index in [9.17, 15) is 14.4 Å². The van der Waals surface area contributed by atoms with Crippen molar-refractivity contribution in [2.24, 2.45) is 0 Å². The number of rotatable bonds is 6. The maximum Gasteiger partial charge on any atom is 0.356 e. The third-order valence-electron chi connectivity index (χ3n) is 7.17. The molecule has 1 N–H and O–H groups in total. The van der Waals surface area contributed by atoms with Crippen molar-refractivity contribution in [2.45, 2.75) is 109 Å². The van der Waals surface area contributed by atoms with Crippen LogP contribution in [0.4, 0.5) is 5.82 Å². The van der Waals surface area contributed by atoms with Crippen LogP contribution in [0, 0.1) is 0 Å². The molecule has 0 radical (unpaired) electrons. The normalized spacial score (nSPS) is 25.6. The molecular formula is C24H41N3O7Si2. The van der Waals surface area contributed by atoms with Crippen molar-refractivity contribution in [3.05, 3.63) is 22.7 Å². The molecule has 2 fully saturated rings. The Kier molecular flexibility index (Phi) is 8.78. The largest absolute Gasteiger partial charge is 0.414 e. The average Bonchev–Trinajstić information content (AvgIpc) is 3.14. The predicted molar refractivity (Wildman–Crippen MR) is 141 cm³/mol. The van der Waals surface area contributed by atoms with Crippen LogP contribution in [0.1, 0.15) is 73.5 Å². The minimum atomic E-state index is -2.82. The third kappa shape index (κ3) is 5.43. The Labute approximate surface area is 215 Å². The molecule has 0 spiro atoms. The van der Waals surface area contributed by atoms with Gasteiger partial charge in [0.15, 0.2) is 0 Å². The van der Waals surface area contributed by atoms with Crippen LogP contribution in [-0.4, -0.2) is 63.4 Å². The maximum absolute atomic E-state index is 13.3. The molecule has 3 atom stereocenters. The molecule has 0 bridgehead atoms. The van der Waals surface area contributed by atoms with Crippen molar-refractivity contribution >= 4 is 34.8 Å². The summed E-state index contributed by atoms with van der Waals surface area (Å²) in [5.41, 5.74) is -0.0571. The van der Waals surface area contributed by atoms with E-state index in [1.54, 1.807) is 0 Å². The van der Waals surface area contributed by atoms with Gasteiger partial charge in [0.05, 0.1) is 12.7 Å². The van der Waals surface area contributed by atoms with Gasteiger partial charge in [0, 0.05) is 19.5 Å². The van der Waals surface area contributed by atoms with E-state index in [4.69, 9.17) is 17.7 Å². The first kappa shape index (κ1) is 28.9. The highest BCUT2D eigenvalue weighted by Gasteiger charge is 2.60. The summed E-state index contributed by atoms with van der Waals surface area (Å²) in [4.78, 5) is 40.9. The van der Waals surface area contributed by atoms with E-state index in [2.05, 4.69) is 65.7 Å². The zero-order chi connectivity index (χ0) is 27.0. The highest BCUT2D eigenvalue weighted by atomic mass is 28.5. The van der Waals surface area contributed by atoms with Gasteiger partial charge in [0.25, 0.3) is 5.91 Å². The number of carbonyl (C=O) groups excluding carboxylic acids is 2. The molecule has 1 unspecified atom stereocenters. The Morgan fingerprint density at radius 1 is 1.00 bits per heavy atom. The lowest BCUT2D eigenvalue weighted by Gasteiger charge is -2.51. The minimum Gasteiger partial charge on any atom is -0.414 e. The second kappa shape index (κ2) is 11.0. The molecule has 10 nitrogen and oxygen atoms in total. The highest BCUT2D eigenvalue weighted by molar-refractivity contribution is 6.83. The van der Waals surface area contributed by atoms with Crippen LogP contribution in [0.5, 0.6) is 0 Å². The third-order valence-corrected chi connectivity index (χ3v) is 17.4. The number of hydrogen-bond donors (Lipinski definition) is 1. The van der Waals surface area contributed by atoms with E-state index in [-0.39, 0.29) is 46.6 Å². The lowest BCUT2D eigenvalue weighted by Crippen LogP contribution is -2.65. The Morgan fingerprint density at radius 3 is 2.08 bits per heavy atom. The van der Waals surface area contributed by atoms with E-state index in [0.717, 1.165) is 4.57 Å². The van der Waals surface area contributed by atoms with Crippen LogP contribution in [0.15, 0.2) is 17.1 Å². The van der Waals surface area contributed by atoms with Crippen LogP contribution in [0.25, 0.3) is 0 Å². The Bertz CT molecular complexity index is 1010. The number of nitrogens with one attached hydrogen (secondary N) is 1. The first-order valence-corrected chi connectivity index (χ1v) is 16.8.